The molecule has 1 saturated heterocycles. The number of benzene rings is 2. The van der Waals surface area contributed by atoms with E-state index in [-0.39, 0.29) is 13.1 Å². The highest BCUT2D eigenvalue weighted by Crippen LogP contribution is 2.30. The maximum absolute atomic E-state index is 13.9. The Morgan fingerprint density at radius 2 is 1.73 bits per heavy atom. The summed E-state index contributed by atoms with van der Waals surface area (Å²) in [5.74, 6) is -1.72. The van der Waals surface area contributed by atoms with Gasteiger partial charge in [0.05, 0.1) is 10.2 Å². The number of rotatable bonds is 3. The summed E-state index contributed by atoms with van der Waals surface area (Å²) in [5, 5.41) is 0.834. The highest BCUT2D eigenvalue weighted by Gasteiger charge is 2.31. The van der Waals surface area contributed by atoms with Gasteiger partial charge in [0.1, 0.15) is 16.5 Å². The van der Waals surface area contributed by atoms with Crippen LogP contribution in [0.15, 0.2) is 47.4 Å². The number of para-hydroxylation sites is 1. The van der Waals surface area contributed by atoms with Crippen LogP contribution in [0, 0.1) is 11.6 Å². The molecule has 0 atom stereocenters. The van der Waals surface area contributed by atoms with Crippen molar-refractivity contribution in [2.45, 2.75) is 4.90 Å². The quantitative estimate of drug-likeness (QED) is 0.684. The van der Waals surface area contributed by atoms with Crippen LogP contribution in [0.5, 0.6) is 0 Å². The first kappa shape index (κ1) is 17.3. The van der Waals surface area contributed by atoms with E-state index in [9.17, 15) is 17.2 Å². The lowest BCUT2D eigenvalue weighted by molar-refractivity contribution is 0.382. The second-order valence-corrected chi connectivity index (χ2v) is 8.85. The number of hydrogen-bond acceptors (Lipinski definition) is 5. The van der Waals surface area contributed by atoms with Gasteiger partial charge < -0.3 is 4.90 Å². The molecular weight excluding hydrogens is 380 g/mol. The normalized spacial score (nSPS) is 16.3. The van der Waals surface area contributed by atoms with Crippen molar-refractivity contribution in [1.82, 2.24) is 9.29 Å². The van der Waals surface area contributed by atoms with Crippen molar-refractivity contribution in [3.05, 3.63) is 54.1 Å². The van der Waals surface area contributed by atoms with Crippen molar-refractivity contribution in [2.24, 2.45) is 0 Å². The molecule has 5 nitrogen and oxygen atoms in total. The molecule has 0 amide bonds. The molecule has 0 N–H and O–H groups in total. The molecule has 9 heteroatoms. The molecular formula is C17H15F2N3O2S2. The molecule has 1 fully saturated rings. The zero-order valence-corrected chi connectivity index (χ0v) is 15.2. The molecule has 0 unspecified atom stereocenters. The van der Waals surface area contributed by atoms with Gasteiger partial charge in [-0.05, 0) is 30.3 Å². The number of halogens is 2. The van der Waals surface area contributed by atoms with Gasteiger partial charge in [-0.3, -0.25) is 0 Å². The number of piperazine rings is 1. The predicted octanol–water partition coefficient (Wildman–Crippen LogP) is 3.09. The monoisotopic (exact) mass is 395 g/mol. The van der Waals surface area contributed by atoms with Gasteiger partial charge in [0, 0.05) is 26.2 Å². The summed E-state index contributed by atoms with van der Waals surface area (Å²) in [6.45, 7) is 1.26. The summed E-state index contributed by atoms with van der Waals surface area (Å²) in [4.78, 5) is 5.97. The van der Waals surface area contributed by atoms with E-state index in [0.29, 0.717) is 13.1 Å². The van der Waals surface area contributed by atoms with Gasteiger partial charge in [0.25, 0.3) is 0 Å². The van der Waals surface area contributed by atoms with Crippen LogP contribution in [0.3, 0.4) is 0 Å². The summed E-state index contributed by atoms with van der Waals surface area (Å²) >= 11 is 1.55. The minimum absolute atomic E-state index is 0.189. The first-order chi connectivity index (χ1) is 12.4. The summed E-state index contributed by atoms with van der Waals surface area (Å²) in [7, 11) is -4.07. The Hall–Kier alpha value is -2.10. The van der Waals surface area contributed by atoms with Crippen molar-refractivity contribution in [3.63, 3.8) is 0 Å². The highest BCUT2D eigenvalue weighted by molar-refractivity contribution is 7.89. The molecule has 2 heterocycles. The average Bonchev–Trinajstić information content (AvgIpc) is 3.08. The molecule has 0 saturated carbocycles. The minimum Gasteiger partial charge on any atom is -0.345 e. The van der Waals surface area contributed by atoms with Crippen molar-refractivity contribution < 1.29 is 17.2 Å². The van der Waals surface area contributed by atoms with Crippen LogP contribution >= 0.6 is 11.3 Å². The molecule has 26 heavy (non-hydrogen) atoms. The Bertz CT molecular complexity index is 1030. The first-order valence-corrected chi connectivity index (χ1v) is 10.3. The molecule has 2 aromatic carbocycles. The molecule has 136 valence electrons. The zero-order valence-electron chi connectivity index (χ0n) is 13.6. The second kappa shape index (κ2) is 6.57. The zero-order chi connectivity index (χ0) is 18.3. The molecule has 1 aliphatic heterocycles. The maximum Gasteiger partial charge on any atom is 0.246 e. The van der Waals surface area contributed by atoms with Crippen molar-refractivity contribution in [2.75, 3.05) is 31.1 Å². The molecule has 3 aromatic rings. The molecule has 0 bridgehead atoms. The third kappa shape index (κ3) is 3.06. The summed E-state index contributed by atoms with van der Waals surface area (Å²) in [6, 6.07) is 10.3. The van der Waals surface area contributed by atoms with E-state index in [1.165, 1.54) is 4.31 Å². The van der Waals surface area contributed by atoms with Gasteiger partial charge in [0.15, 0.2) is 5.13 Å². The predicted molar refractivity (Wildman–Crippen MR) is 96.9 cm³/mol. The van der Waals surface area contributed by atoms with E-state index in [2.05, 4.69) is 4.98 Å². The average molecular weight is 395 g/mol. The number of thiazole rings is 1. The fourth-order valence-electron chi connectivity index (χ4n) is 2.93. The molecule has 0 aliphatic carbocycles. The van der Waals surface area contributed by atoms with E-state index < -0.39 is 26.6 Å². The number of aromatic nitrogens is 1. The SMILES string of the molecule is O=S(=O)(c1cc(F)ccc1F)N1CCN(c2nc3ccccc3s2)CC1. The number of fused-ring (bicyclic) bond motifs is 1. The van der Waals surface area contributed by atoms with Crippen molar-refractivity contribution >= 4 is 36.7 Å². The van der Waals surface area contributed by atoms with Crippen LogP contribution in [-0.4, -0.2) is 43.9 Å². The molecule has 0 spiro atoms. The van der Waals surface area contributed by atoms with Crippen LogP contribution in [-0.2, 0) is 10.0 Å². The van der Waals surface area contributed by atoms with Gasteiger partial charge in [-0.1, -0.05) is 23.5 Å². The van der Waals surface area contributed by atoms with Crippen molar-refractivity contribution in [3.8, 4) is 0 Å². The van der Waals surface area contributed by atoms with E-state index in [1.54, 1.807) is 11.3 Å². The van der Waals surface area contributed by atoms with Gasteiger partial charge in [-0.2, -0.15) is 4.31 Å². The molecule has 0 radical (unpaired) electrons. The minimum atomic E-state index is -4.07. The molecule has 1 aromatic heterocycles. The lowest BCUT2D eigenvalue weighted by atomic mass is 10.3. The third-order valence-corrected chi connectivity index (χ3v) is 7.31. The first-order valence-electron chi connectivity index (χ1n) is 8.01. The fraction of sp³-hybridized carbons (Fsp3) is 0.235. The van der Waals surface area contributed by atoms with E-state index >= 15 is 0 Å². The number of anilines is 1. The second-order valence-electron chi connectivity index (χ2n) is 5.93. The highest BCUT2D eigenvalue weighted by atomic mass is 32.2. The number of hydrogen-bond donors (Lipinski definition) is 0. The van der Waals surface area contributed by atoms with Gasteiger partial charge >= 0.3 is 0 Å². The molecule has 1 aliphatic rings. The number of sulfonamides is 1. The lowest BCUT2D eigenvalue weighted by Gasteiger charge is -2.33. The van der Waals surface area contributed by atoms with Crippen LogP contribution < -0.4 is 4.90 Å². The van der Waals surface area contributed by atoms with Crippen LogP contribution in [0.2, 0.25) is 0 Å². The Morgan fingerprint density at radius 3 is 2.46 bits per heavy atom. The largest absolute Gasteiger partial charge is 0.345 e. The Kier molecular flexibility index (Phi) is 4.37. The standard InChI is InChI=1S/C17H15F2N3O2S2/c18-12-5-6-13(19)16(11-12)26(23,24)22-9-7-21(8-10-22)17-20-14-3-1-2-4-15(14)25-17/h1-6,11H,7-10H2. The van der Waals surface area contributed by atoms with E-state index in [0.717, 1.165) is 33.5 Å². The molecule has 4 rings (SSSR count). The van der Waals surface area contributed by atoms with Crippen LogP contribution in [0.1, 0.15) is 0 Å². The smallest absolute Gasteiger partial charge is 0.246 e. The summed E-state index contributed by atoms with van der Waals surface area (Å²) < 4.78 is 54.8. The van der Waals surface area contributed by atoms with Gasteiger partial charge in [-0.25, -0.2) is 22.2 Å². The number of nitrogens with zero attached hydrogens (tertiary/aromatic N) is 3. The summed E-state index contributed by atoms with van der Waals surface area (Å²) in [5.41, 5.74) is 0.907. The topological polar surface area (TPSA) is 53.5 Å². The third-order valence-electron chi connectivity index (χ3n) is 4.30. The van der Waals surface area contributed by atoms with Crippen LogP contribution in [0.4, 0.5) is 13.9 Å². The van der Waals surface area contributed by atoms with Gasteiger partial charge in [0.2, 0.25) is 10.0 Å². The fourth-order valence-corrected chi connectivity index (χ4v) is 5.44. The Morgan fingerprint density at radius 1 is 1.00 bits per heavy atom. The van der Waals surface area contributed by atoms with Crippen LogP contribution in [0.25, 0.3) is 10.2 Å². The Balaban J connectivity index is 1.53. The van der Waals surface area contributed by atoms with Gasteiger partial charge in [-0.15, -0.1) is 0 Å². The maximum atomic E-state index is 13.9. The Labute approximate surface area is 153 Å². The summed E-state index contributed by atoms with van der Waals surface area (Å²) in [6.07, 6.45) is 0. The van der Waals surface area contributed by atoms with E-state index in [4.69, 9.17) is 0 Å². The van der Waals surface area contributed by atoms with Crippen molar-refractivity contribution in [1.29, 1.82) is 0 Å². The lowest BCUT2D eigenvalue weighted by Crippen LogP contribution is -2.48. The van der Waals surface area contributed by atoms with E-state index in [1.807, 2.05) is 29.2 Å².